The van der Waals surface area contributed by atoms with Crippen molar-refractivity contribution in [3.05, 3.63) is 83.0 Å². The highest BCUT2D eigenvalue weighted by molar-refractivity contribution is 5.50. The van der Waals surface area contributed by atoms with E-state index in [0.29, 0.717) is 6.42 Å². The molecule has 2 aromatic carbocycles. The van der Waals surface area contributed by atoms with Gasteiger partial charge in [-0.3, -0.25) is 0 Å². The van der Waals surface area contributed by atoms with Crippen molar-refractivity contribution in [1.29, 1.82) is 0 Å². The van der Waals surface area contributed by atoms with Crippen LogP contribution >= 0.6 is 0 Å². The van der Waals surface area contributed by atoms with Crippen molar-refractivity contribution in [1.82, 2.24) is 0 Å². The van der Waals surface area contributed by atoms with E-state index >= 15 is 0 Å². The largest absolute Gasteiger partial charge is 0.484 e. The molecule has 0 unspecified atom stereocenters. The molecule has 0 radical (unpaired) electrons. The average Bonchev–Trinajstić information content (AvgIpc) is 2.68. The summed E-state index contributed by atoms with van der Waals surface area (Å²) in [4.78, 5) is 0. The molecular weight excluding hydrogens is 394 g/mol. The van der Waals surface area contributed by atoms with Gasteiger partial charge in [0, 0.05) is 12.0 Å². The summed E-state index contributed by atoms with van der Waals surface area (Å²) in [5, 5.41) is 0. The van der Waals surface area contributed by atoms with Gasteiger partial charge in [0.25, 0.3) is 5.92 Å². The fraction of sp³-hybridized carbons (Fsp3) is 0.273. The maximum Gasteiger partial charge on any atom is 0.285 e. The van der Waals surface area contributed by atoms with Gasteiger partial charge in [-0.25, -0.2) is 22.0 Å². The van der Waals surface area contributed by atoms with Crippen molar-refractivity contribution in [2.75, 3.05) is 6.61 Å². The third-order valence-electron chi connectivity index (χ3n) is 4.17. The van der Waals surface area contributed by atoms with Crippen LogP contribution in [0.15, 0.2) is 43.0 Å². The first-order valence-electron chi connectivity index (χ1n) is 8.88. The van der Waals surface area contributed by atoms with E-state index in [1.165, 1.54) is 30.4 Å². The highest BCUT2D eigenvalue weighted by Crippen LogP contribution is 2.28. The molecule has 2 aromatic rings. The first kappa shape index (κ1) is 22.6. The number of rotatable bonds is 9. The van der Waals surface area contributed by atoms with Crippen molar-refractivity contribution >= 4 is 6.08 Å². The summed E-state index contributed by atoms with van der Waals surface area (Å²) < 4.78 is 89.0. The van der Waals surface area contributed by atoms with Gasteiger partial charge in [-0.05, 0) is 37.0 Å². The molecule has 0 spiro atoms. The van der Waals surface area contributed by atoms with Gasteiger partial charge < -0.3 is 4.74 Å². The number of ether oxygens (including phenoxy) is 1. The van der Waals surface area contributed by atoms with Crippen LogP contribution < -0.4 is 4.74 Å². The van der Waals surface area contributed by atoms with Crippen molar-refractivity contribution < 1.29 is 31.1 Å². The molecule has 0 saturated carbocycles. The molecule has 0 fully saturated rings. The van der Waals surface area contributed by atoms with Gasteiger partial charge in [-0.1, -0.05) is 36.4 Å². The van der Waals surface area contributed by atoms with E-state index in [1.54, 1.807) is 6.92 Å². The molecule has 0 aromatic heterocycles. The maximum atomic E-state index is 14.2. The number of halogens is 6. The summed E-state index contributed by atoms with van der Waals surface area (Å²) in [6.07, 6.45) is 3.79. The Bertz CT molecular complexity index is 905. The van der Waals surface area contributed by atoms with E-state index in [4.69, 9.17) is 4.74 Å². The molecule has 0 amide bonds. The van der Waals surface area contributed by atoms with Gasteiger partial charge in [0.05, 0.1) is 0 Å². The van der Waals surface area contributed by atoms with E-state index in [9.17, 15) is 26.3 Å². The van der Waals surface area contributed by atoms with Crippen LogP contribution in [0.4, 0.5) is 26.3 Å². The Balaban J connectivity index is 2.12. The van der Waals surface area contributed by atoms with Gasteiger partial charge >= 0.3 is 0 Å². The summed E-state index contributed by atoms with van der Waals surface area (Å²) in [5.74, 6) is -9.50. The van der Waals surface area contributed by atoms with E-state index in [-0.39, 0.29) is 17.5 Å². The molecule has 0 atom stereocenters. The topological polar surface area (TPSA) is 9.23 Å². The number of alkyl halides is 2. The normalized spacial score (nSPS) is 11.8. The summed E-state index contributed by atoms with van der Waals surface area (Å²) in [5.41, 5.74) is -0.543. The molecule has 0 saturated heterocycles. The molecule has 29 heavy (non-hydrogen) atoms. The third-order valence-corrected chi connectivity index (χ3v) is 4.17. The van der Waals surface area contributed by atoms with E-state index in [0.717, 1.165) is 12.1 Å². The number of hydrogen-bond donors (Lipinski definition) is 0. The van der Waals surface area contributed by atoms with Crippen LogP contribution in [0.3, 0.4) is 0 Å². The fourth-order valence-corrected chi connectivity index (χ4v) is 2.70. The number of benzene rings is 2. The predicted octanol–water partition coefficient (Wildman–Crippen LogP) is 6.65. The zero-order valence-corrected chi connectivity index (χ0v) is 15.8. The van der Waals surface area contributed by atoms with Crippen LogP contribution in [0.25, 0.3) is 6.08 Å². The van der Waals surface area contributed by atoms with Crippen molar-refractivity contribution in [2.45, 2.75) is 32.1 Å². The van der Waals surface area contributed by atoms with Gasteiger partial charge in [-0.15, -0.1) is 6.58 Å². The Morgan fingerprint density at radius 3 is 2.24 bits per heavy atom. The summed E-state index contributed by atoms with van der Waals surface area (Å²) in [6.45, 7) is 3.76. The second-order valence-corrected chi connectivity index (χ2v) is 6.44. The minimum Gasteiger partial charge on any atom is -0.484 e. The Hall–Kier alpha value is -2.70. The lowest BCUT2D eigenvalue weighted by molar-refractivity contribution is -0.0417. The van der Waals surface area contributed by atoms with E-state index in [1.807, 2.05) is 0 Å². The summed E-state index contributed by atoms with van der Waals surface area (Å²) in [7, 11) is 0. The molecule has 0 bridgehead atoms. The van der Waals surface area contributed by atoms with Crippen molar-refractivity contribution in [3.8, 4) is 5.75 Å². The second-order valence-electron chi connectivity index (χ2n) is 6.44. The van der Waals surface area contributed by atoms with Gasteiger partial charge in [-0.2, -0.15) is 4.39 Å². The molecule has 0 aliphatic heterocycles. The minimum absolute atomic E-state index is 0.0672. The Morgan fingerprint density at radius 1 is 0.931 bits per heavy atom. The third kappa shape index (κ3) is 5.65. The lowest BCUT2D eigenvalue weighted by Crippen LogP contribution is -2.29. The first-order chi connectivity index (χ1) is 13.7. The molecule has 0 aliphatic carbocycles. The molecular formula is C22H20F6O. The summed E-state index contributed by atoms with van der Waals surface area (Å²) >= 11 is 0. The van der Waals surface area contributed by atoms with Crippen LogP contribution in [0, 0.1) is 23.3 Å². The van der Waals surface area contributed by atoms with Gasteiger partial charge in [0.2, 0.25) is 5.82 Å². The fourth-order valence-electron chi connectivity index (χ4n) is 2.70. The van der Waals surface area contributed by atoms with E-state index < -0.39 is 53.5 Å². The number of aryl methyl sites for hydroxylation is 1. The highest BCUT2D eigenvalue weighted by atomic mass is 19.3. The Kier molecular flexibility index (Phi) is 7.53. The zero-order chi connectivity index (χ0) is 21.6. The van der Waals surface area contributed by atoms with Gasteiger partial charge in [0.15, 0.2) is 29.8 Å². The second kappa shape index (κ2) is 9.67. The molecule has 1 nitrogen and oxygen atoms in total. The highest BCUT2D eigenvalue weighted by Gasteiger charge is 2.33. The SMILES string of the molecule is C=CCCc1ccc(OCC(F)(F)Cc2ccc(C=CC)c(F)c2F)c(F)c1F. The van der Waals surface area contributed by atoms with Crippen LogP contribution in [-0.4, -0.2) is 12.5 Å². The molecule has 156 valence electrons. The standard InChI is InChI=1S/C22H20F6O/c1-3-5-7-15-10-11-17(21(26)19(15)24)29-13-22(27,28)12-16-9-8-14(6-4-2)18(23)20(16)25/h3-4,6,8-11H,1,5,7,12-13H2,2H3. The minimum atomic E-state index is -3.64. The summed E-state index contributed by atoms with van der Waals surface area (Å²) in [6, 6.07) is 4.53. The quantitative estimate of drug-likeness (QED) is 0.330. The Morgan fingerprint density at radius 2 is 1.59 bits per heavy atom. The number of hydrogen-bond acceptors (Lipinski definition) is 1. The molecule has 2 rings (SSSR count). The zero-order valence-electron chi connectivity index (χ0n) is 15.8. The maximum absolute atomic E-state index is 14.2. The van der Waals surface area contributed by atoms with Crippen molar-refractivity contribution in [2.24, 2.45) is 0 Å². The molecule has 0 N–H and O–H groups in total. The van der Waals surface area contributed by atoms with E-state index in [2.05, 4.69) is 6.58 Å². The van der Waals surface area contributed by atoms with Crippen LogP contribution in [0.1, 0.15) is 30.0 Å². The molecule has 7 heteroatoms. The number of allylic oxidation sites excluding steroid dienone is 2. The van der Waals surface area contributed by atoms with Gasteiger partial charge in [0.1, 0.15) is 0 Å². The lowest BCUT2D eigenvalue weighted by atomic mass is 10.0. The predicted molar refractivity (Wildman–Crippen MR) is 100 cm³/mol. The average molecular weight is 414 g/mol. The smallest absolute Gasteiger partial charge is 0.285 e. The lowest BCUT2D eigenvalue weighted by Gasteiger charge is -2.18. The van der Waals surface area contributed by atoms with Crippen LogP contribution in [0.2, 0.25) is 0 Å². The molecule has 0 aliphatic rings. The van der Waals surface area contributed by atoms with Crippen molar-refractivity contribution in [3.63, 3.8) is 0 Å². The Labute approximate surface area is 165 Å². The molecule has 0 heterocycles. The van der Waals surface area contributed by atoms with Crippen LogP contribution in [0.5, 0.6) is 5.75 Å². The monoisotopic (exact) mass is 414 g/mol. The van der Waals surface area contributed by atoms with Crippen LogP contribution in [-0.2, 0) is 12.8 Å². The first-order valence-corrected chi connectivity index (χ1v) is 8.88.